The molecule has 0 radical (unpaired) electrons. The van der Waals surface area contributed by atoms with Crippen molar-refractivity contribution in [2.45, 2.75) is 59.2 Å². The average molecular weight is 352 g/mol. The summed E-state index contributed by atoms with van der Waals surface area (Å²) < 4.78 is 13.4. The van der Waals surface area contributed by atoms with E-state index in [-0.39, 0.29) is 30.7 Å². The van der Waals surface area contributed by atoms with Gasteiger partial charge in [0.2, 0.25) is 5.91 Å². The van der Waals surface area contributed by atoms with E-state index in [1.54, 1.807) is 17.0 Å². The van der Waals surface area contributed by atoms with Crippen molar-refractivity contribution >= 4 is 11.9 Å². The molecule has 1 rings (SSSR count). The van der Waals surface area contributed by atoms with Crippen LogP contribution in [0.3, 0.4) is 0 Å². The van der Waals surface area contributed by atoms with Crippen molar-refractivity contribution in [2.75, 3.05) is 6.54 Å². The van der Waals surface area contributed by atoms with Crippen LogP contribution in [0.5, 0.6) is 0 Å². The smallest absolute Gasteiger partial charge is 0.320 e. The molecule has 0 heterocycles. The maximum Gasteiger partial charge on any atom is 0.320 e. The highest BCUT2D eigenvalue weighted by molar-refractivity contribution is 5.80. The second-order valence-corrected chi connectivity index (χ2v) is 7.36. The molecule has 0 aliphatic rings. The van der Waals surface area contributed by atoms with Crippen molar-refractivity contribution in [3.63, 3.8) is 0 Å². The van der Waals surface area contributed by atoms with E-state index >= 15 is 0 Å². The van der Waals surface area contributed by atoms with Crippen LogP contribution in [0.15, 0.2) is 24.3 Å². The summed E-state index contributed by atoms with van der Waals surface area (Å²) in [5.41, 5.74) is 0.222. The Morgan fingerprint density at radius 3 is 2.44 bits per heavy atom. The molecular weight excluding hydrogens is 323 g/mol. The number of carboxylic acids is 1. The van der Waals surface area contributed by atoms with Gasteiger partial charge in [0, 0.05) is 12.1 Å². The topological polar surface area (TPSA) is 69.6 Å². The van der Waals surface area contributed by atoms with Crippen molar-refractivity contribution in [1.82, 2.24) is 10.2 Å². The fourth-order valence-electron chi connectivity index (χ4n) is 2.58. The summed E-state index contributed by atoms with van der Waals surface area (Å²) in [6.07, 6.45) is 0.699. The first-order valence-corrected chi connectivity index (χ1v) is 8.57. The summed E-state index contributed by atoms with van der Waals surface area (Å²) in [5, 5.41) is 12.2. The Morgan fingerprint density at radius 1 is 1.32 bits per heavy atom. The first-order valence-electron chi connectivity index (χ1n) is 8.57. The molecule has 0 fully saturated rings. The second-order valence-electron chi connectivity index (χ2n) is 7.36. The van der Waals surface area contributed by atoms with Crippen LogP contribution in [0, 0.1) is 11.7 Å². The maximum absolute atomic E-state index is 13.4. The number of benzene rings is 1. The lowest BCUT2D eigenvalue weighted by Crippen LogP contribution is -2.51. The lowest BCUT2D eigenvalue weighted by Gasteiger charge is -2.36. The molecule has 2 atom stereocenters. The summed E-state index contributed by atoms with van der Waals surface area (Å²) in [6.45, 7) is 9.63. The molecular formula is C19H29FN2O3. The molecule has 0 unspecified atom stereocenters. The first kappa shape index (κ1) is 21.1. The van der Waals surface area contributed by atoms with Gasteiger partial charge in [0.25, 0.3) is 0 Å². The van der Waals surface area contributed by atoms with Gasteiger partial charge in [-0.1, -0.05) is 32.4 Å². The Bertz CT molecular complexity index is 599. The van der Waals surface area contributed by atoms with E-state index in [9.17, 15) is 19.1 Å². The number of carbonyl (C=O) groups excluding carboxylic acids is 1. The van der Waals surface area contributed by atoms with Gasteiger partial charge in [0.15, 0.2) is 0 Å². The number of nitrogens with zero attached hydrogens (tertiary/aromatic N) is 1. The van der Waals surface area contributed by atoms with E-state index in [0.29, 0.717) is 12.0 Å². The summed E-state index contributed by atoms with van der Waals surface area (Å²) in [5.74, 6) is -1.61. The third-order valence-electron chi connectivity index (χ3n) is 4.29. The molecule has 0 bridgehead atoms. The molecule has 2 N–H and O–H groups in total. The fraction of sp³-hybridized carbons (Fsp3) is 0.579. The van der Waals surface area contributed by atoms with E-state index in [1.807, 2.05) is 34.6 Å². The number of hydrogen-bond donors (Lipinski definition) is 2. The predicted octanol–water partition coefficient (Wildman–Crippen LogP) is 3.04. The van der Waals surface area contributed by atoms with Gasteiger partial charge in [0.05, 0.1) is 6.54 Å². The van der Waals surface area contributed by atoms with Crippen LogP contribution < -0.4 is 5.32 Å². The minimum absolute atomic E-state index is 0.0755. The minimum atomic E-state index is -0.963. The summed E-state index contributed by atoms with van der Waals surface area (Å²) in [6, 6.07) is 5.36. The molecule has 25 heavy (non-hydrogen) atoms. The highest BCUT2D eigenvalue weighted by Crippen LogP contribution is 2.18. The van der Waals surface area contributed by atoms with Gasteiger partial charge in [0.1, 0.15) is 11.9 Å². The molecule has 0 spiro atoms. The molecule has 0 aliphatic heterocycles. The fourth-order valence-corrected chi connectivity index (χ4v) is 2.58. The third-order valence-corrected chi connectivity index (χ3v) is 4.29. The zero-order valence-electron chi connectivity index (χ0n) is 15.7. The average Bonchev–Trinajstić information content (AvgIpc) is 2.50. The normalized spacial score (nSPS) is 14.0. The van der Waals surface area contributed by atoms with E-state index in [0.717, 1.165) is 0 Å². The molecule has 0 aliphatic carbocycles. The number of nitrogens with one attached hydrogen (secondary N) is 1. The summed E-state index contributed by atoms with van der Waals surface area (Å²) in [7, 11) is 0. The summed E-state index contributed by atoms with van der Waals surface area (Å²) >= 11 is 0. The molecule has 1 aromatic carbocycles. The van der Waals surface area contributed by atoms with Gasteiger partial charge in [-0.3, -0.25) is 14.9 Å². The van der Waals surface area contributed by atoms with Crippen LogP contribution in [0.4, 0.5) is 4.39 Å². The first-order chi connectivity index (χ1) is 11.6. The Hall–Kier alpha value is -1.95. The van der Waals surface area contributed by atoms with Crippen LogP contribution in [-0.2, 0) is 16.1 Å². The van der Waals surface area contributed by atoms with E-state index in [1.165, 1.54) is 12.1 Å². The zero-order valence-corrected chi connectivity index (χ0v) is 15.7. The molecule has 1 aromatic rings. The quantitative estimate of drug-likeness (QED) is 0.754. The molecule has 0 saturated carbocycles. The Kier molecular flexibility index (Phi) is 7.55. The number of halogens is 1. The van der Waals surface area contributed by atoms with Crippen LogP contribution in [0.25, 0.3) is 0 Å². The monoisotopic (exact) mass is 352 g/mol. The maximum atomic E-state index is 13.4. The second kappa shape index (κ2) is 8.94. The SMILES string of the molecule is CC[C@H](C)[C@H](NCC(=O)N(Cc1cccc(F)c1)C(C)(C)C)C(=O)O. The van der Waals surface area contributed by atoms with Crippen LogP contribution >= 0.6 is 0 Å². The van der Waals surface area contributed by atoms with Gasteiger partial charge >= 0.3 is 5.97 Å². The molecule has 6 heteroatoms. The van der Waals surface area contributed by atoms with Gasteiger partial charge in [-0.15, -0.1) is 0 Å². The lowest BCUT2D eigenvalue weighted by atomic mass is 9.99. The number of rotatable bonds is 8. The van der Waals surface area contributed by atoms with Gasteiger partial charge in [-0.25, -0.2) is 4.39 Å². The number of hydrogen-bond acceptors (Lipinski definition) is 3. The van der Waals surface area contributed by atoms with E-state index < -0.39 is 17.6 Å². The Morgan fingerprint density at radius 2 is 1.96 bits per heavy atom. The third kappa shape index (κ3) is 6.46. The number of aliphatic carboxylic acids is 1. The summed E-state index contributed by atoms with van der Waals surface area (Å²) in [4.78, 5) is 25.7. The van der Waals surface area contributed by atoms with Crippen LogP contribution in [0.2, 0.25) is 0 Å². The molecule has 140 valence electrons. The van der Waals surface area contributed by atoms with Crippen molar-refractivity contribution in [3.05, 3.63) is 35.6 Å². The van der Waals surface area contributed by atoms with Gasteiger partial charge in [-0.2, -0.15) is 0 Å². The van der Waals surface area contributed by atoms with Gasteiger partial charge in [-0.05, 0) is 44.4 Å². The van der Waals surface area contributed by atoms with Crippen LogP contribution in [-0.4, -0.2) is 40.0 Å². The molecule has 1 amide bonds. The van der Waals surface area contributed by atoms with Crippen molar-refractivity contribution < 1.29 is 19.1 Å². The number of carbonyl (C=O) groups is 2. The molecule has 5 nitrogen and oxygen atoms in total. The number of amides is 1. The highest BCUT2D eigenvalue weighted by Gasteiger charge is 2.29. The van der Waals surface area contributed by atoms with E-state index in [4.69, 9.17) is 0 Å². The highest BCUT2D eigenvalue weighted by atomic mass is 19.1. The van der Waals surface area contributed by atoms with Gasteiger partial charge < -0.3 is 10.0 Å². The lowest BCUT2D eigenvalue weighted by molar-refractivity contribution is -0.141. The standard InChI is InChI=1S/C19H29FN2O3/c1-6-13(2)17(18(24)25)21-11-16(23)22(19(3,4)5)12-14-8-7-9-15(20)10-14/h7-10,13,17,21H,6,11-12H2,1-5H3,(H,24,25)/t13-,17-/m0/s1. The predicted molar refractivity (Wildman–Crippen MR) is 95.6 cm³/mol. The van der Waals surface area contributed by atoms with Crippen molar-refractivity contribution in [2.24, 2.45) is 5.92 Å². The van der Waals surface area contributed by atoms with E-state index in [2.05, 4.69) is 5.32 Å². The van der Waals surface area contributed by atoms with Crippen molar-refractivity contribution in [1.29, 1.82) is 0 Å². The number of carboxylic acid groups (broad SMARTS) is 1. The zero-order chi connectivity index (χ0) is 19.2. The Labute approximate surface area is 149 Å². The molecule has 0 aromatic heterocycles. The van der Waals surface area contributed by atoms with Crippen molar-refractivity contribution in [3.8, 4) is 0 Å². The largest absolute Gasteiger partial charge is 0.480 e. The Balaban J connectivity index is 2.85. The minimum Gasteiger partial charge on any atom is -0.480 e. The van der Waals surface area contributed by atoms with Crippen LogP contribution in [0.1, 0.15) is 46.6 Å². The molecule has 0 saturated heterocycles.